The Morgan fingerprint density at radius 1 is 0.256 bits per heavy atom. The number of hydrogen-bond donors (Lipinski definition) is 0. The molecule has 0 aromatic heterocycles. The SMILES string of the molecule is CCCCCCCCc1cc(-c2cc(-c3ccc(-c4cc(C#N)cc(C#N)c4)cc3)cc(-c3cc(CCCCCCCC)c(-c4cccc(-c5ccccc5-c5cccc(C)c5)c4)cc3CCCCCCCC)c2)c(CCCCCCCC)cc1C. The second kappa shape index (κ2) is 34.8. The fourth-order valence-corrected chi connectivity index (χ4v) is 13.1. The molecule has 2 nitrogen and oxygen atoms in total. The van der Waals surface area contributed by atoms with E-state index in [1.807, 2.05) is 12.1 Å². The topological polar surface area (TPSA) is 47.6 Å². The van der Waals surface area contributed by atoms with E-state index in [4.69, 9.17) is 0 Å². The first-order valence-electron chi connectivity index (χ1n) is 34.0. The van der Waals surface area contributed by atoms with Gasteiger partial charge in [0, 0.05) is 0 Å². The Morgan fingerprint density at radius 3 is 1.03 bits per heavy atom. The highest BCUT2D eigenvalue weighted by Crippen LogP contribution is 2.42. The molecule has 0 fully saturated rings. The third-order valence-electron chi connectivity index (χ3n) is 18.1. The molecule has 0 saturated heterocycles. The molecular formula is C84H100N2. The maximum Gasteiger partial charge on any atom is 0.0992 e. The largest absolute Gasteiger partial charge is 0.192 e. The summed E-state index contributed by atoms with van der Waals surface area (Å²) in [5.41, 5.74) is 26.9. The van der Waals surface area contributed by atoms with E-state index in [1.54, 1.807) is 6.07 Å². The predicted molar refractivity (Wildman–Crippen MR) is 372 cm³/mol. The van der Waals surface area contributed by atoms with Crippen molar-refractivity contribution in [2.45, 2.75) is 221 Å². The zero-order valence-corrected chi connectivity index (χ0v) is 53.7. The molecule has 0 aliphatic rings. The minimum Gasteiger partial charge on any atom is -0.192 e. The van der Waals surface area contributed by atoms with Gasteiger partial charge in [-0.1, -0.05) is 277 Å². The highest BCUT2D eigenvalue weighted by Gasteiger charge is 2.20. The Kier molecular flexibility index (Phi) is 26.2. The third-order valence-corrected chi connectivity index (χ3v) is 18.1. The van der Waals surface area contributed by atoms with Gasteiger partial charge >= 0.3 is 0 Å². The van der Waals surface area contributed by atoms with Crippen LogP contribution in [0, 0.1) is 36.5 Å². The van der Waals surface area contributed by atoms with Crippen LogP contribution in [0.25, 0.3) is 77.9 Å². The molecule has 2 heteroatoms. The Bertz CT molecular complexity index is 3450. The molecule has 446 valence electrons. The van der Waals surface area contributed by atoms with E-state index in [0.717, 1.165) is 48.8 Å². The summed E-state index contributed by atoms with van der Waals surface area (Å²) in [5.74, 6) is 0. The van der Waals surface area contributed by atoms with Crippen LogP contribution >= 0.6 is 0 Å². The molecule has 0 saturated carbocycles. The van der Waals surface area contributed by atoms with Gasteiger partial charge in [0.25, 0.3) is 0 Å². The highest BCUT2D eigenvalue weighted by atomic mass is 14.3. The van der Waals surface area contributed by atoms with Crippen LogP contribution < -0.4 is 0 Å². The lowest BCUT2D eigenvalue weighted by molar-refractivity contribution is 0.605. The number of rotatable bonds is 35. The van der Waals surface area contributed by atoms with Crippen molar-refractivity contribution in [1.82, 2.24) is 0 Å². The highest BCUT2D eigenvalue weighted by molar-refractivity contribution is 5.88. The molecule has 0 radical (unpaired) electrons. The Balaban J connectivity index is 1.32. The molecular weight excluding hydrogens is 1040 g/mol. The van der Waals surface area contributed by atoms with Crippen molar-refractivity contribution in [3.05, 3.63) is 202 Å². The summed E-state index contributed by atoms with van der Waals surface area (Å²) >= 11 is 0. The maximum atomic E-state index is 9.92. The standard InChI is InChI=1S/C84H100N2/c1-7-11-15-19-23-27-36-69-58-83(71(50-64(69)6)37-28-24-20-16-12-8-2)78-55-77(68-47-45-67(46-48-68)76-52-65(61-85)51-66(53-76)62-86)56-79(57-78)84-60-74(38-29-25-21-17-13-9-3)82(59-75(84)39-30-26-22-18-14-10-4)73-42-34-41-72(54-73)81-44-32-31-43-80(81)70-40-33-35-63(5)49-70/h31-35,40-60H,7-30,36-39H2,1-6H3. The van der Waals surface area contributed by atoms with Gasteiger partial charge in [0.15, 0.2) is 0 Å². The molecule has 86 heavy (non-hydrogen) atoms. The van der Waals surface area contributed by atoms with Gasteiger partial charge in [-0.15, -0.1) is 0 Å². The first-order valence-corrected chi connectivity index (χ1v) is 34.0. The van der Waals surface area contributed by atoms with Gasteiger partial charge in [0.1, 0.15) is 0 Å². The van der Waals surface area contributed by atoms with Crippen molar-refractivity contribution in [2.75, 3.05) is 0 Å². The predicted octanol–water partition coefficient (Wildman–Crippen LogP) is 25.3. The third kappa shape index (κ3) is 18.6. The summed E-state index contributed by atoms with van der Waals surface area (Å²) in [4.78, 5) is 0. The number of nitrogens with zero attached hydrogens (tertiary/aromatic N) is 2. The number of unbranched alkanes of at least 4 members (excludes halogenated alkanes) is 20. The fourth-order valence-electron chi connectivity index (χ4n) is 13.1. The van der Waals surface area contributed by atoms with E-state index in [-0.39, 0.29) is 0 Å². The molecule has 0 unspecified atom stereocenters. The van der Waals surface area contributed by atoms with E-state index >= 15 is 0 Å². The van der Waals surface area contributed by atoms with Crippen LogP contribution in [-0.2, 0) is 25.7 Å². The van der Waals surface area contributed by atoms with Crippen molar-refractivity contribution in [3.63, 3.8) is 0 Å². The average molecular weight is 1140 g/mol. The zero-order valence-electron chi connectivity index (χ0n) is 53.7. The second-order valence-electron chi connectivity index (χ2n) is 25.1. The van der Waals surface area contributed by atoms with Crippen LogP contribution in [0.5, 0.6) is 0 Å². The molecule has 0 N–H and O–H groups in total. The van der Waals surface area contributed by atoms with E-state index in [1.165, 1.54) is 242 Å². The summed E-state index contributed by atoms with van der Waals surface area (Å²) in [6, 6.07) is 64.3. The lowest BCUT2D eigenvalue weighted by atomic mass is 9.83. The monoisotopic (exact) mass is 1140 g/mol. The summed E-state index contributed by atoms with van der Waals surface area (Å²) in [7, 11) is 0. The average Bonchev–Trinajstić information content (AvgIpc) is 2.38. The van der Waals surface area contributed by atoms with Crippen molar-refractivity contribution in [3.8, 4) is 90.0 Å². The quantitative estimate of drug-likeness (QED) is 0.0372. The number of nitriles is 2. The van der Waals surface area contributed by atoms with Crippen LogP contribution in [0.4, 0.5) is 0 Å². The lowest BCUT2D eigenvalue weighted by Gasteiger charge is -2.21. The van der Waals surface area contributed by atoms with Crippen LogP contribution in [-0.4, -0.2) is 0 Å². The van der Waals surface area contributed by atoms with Crippen LogP contribution in [0.1, 0.15) is 226 Å². The smallest absolute Gasteiger partial charge is 0.0992 e. The van der Waals surface area contributed by atoms with Gasteiger partial charge < -0.3 is 0 Å². The Labute approximate surface area is 521 Å². The first-order chi connectivity index (χ1) is 42.2. The number of benzene rings is 8. The van der Waals surface area contributed by atoms with Crippen molar-refractivity contribution < 1.29 is 0 Å². The van der Waals surface area contributed by atoms with E-state index < -0.39 is 0 Å². The lowest BCUT2D eigenvalue weighted by Crippen LogP contribution is -2.01. The van der Waals surface area contributed by atoms with Crippen molar-refractivity contribution in [2.24, 2.45) is 0 Å². The number of aryl methyl sites for hydroxylation is 6. The minimum absolute atomic E-state index is 0.501. The molecule has 0 amide bonds. The summed E-state index contributed by atoms with van der Waals surface area (Å²) < 4.78 is 0. The summed E-state index contributed by atoms with van der Waals surface area (Å²) in [6.45, 7) is 13.8. The van der Waals surface area contributed by atoms with Crippen molar-refractivity contribution >= 4 is 0 Å². The van der Waals surface area contributed by atoms with E-state index in [9.17, 15) is 10.5 Å². The fraction of sp³-hybridized carbons (Fsp3) is 0.405. The van der Waals surface area contributed by atoms with Gasteiger partial charge in [-0.3, -0.25) is 0 Å². The van der Waals surface area contributed by atoms with E-state index in [0.29, 0.717) is 11.1 Å². The molecule has 0 aliphatic heterocycles. The minimum atomic E-state index is 0.501. The molecule has 0 atom stereocenters. The maximum absolute atomic E-state index is 9.92. The van der Waals surface area contributed by atoms with Gasteiger partial charge in [-0.2, -0.15) is 10.5 Å². The summed E-state index contributed by atoms with van der Waals surface area (Å²) in [5, 5.41) is 19.8. The molecule has 0 heterocycles. The Morgan fingerprint density at radius 2 is 0.593 bits per heavy atom. The first kappa shape index (κ1) is 64.7. The van der Waals surface area contributed by atoms with Crippen LogP contribution in [0.2, 0.25) is 0 Å². The van der Waals surface area contributed by atoms with Crippen LogP contribution in [0.3, 0.4) is 0 Å². The molecule has 0 aliphatic carbocycles. The number of hydrogen-bond acceptors (Lipinski definition) is 2. The van der Waals surface area contributed by atoms with Gasteiger partial charge in [0.05, 0.1) is 23.3 Å². The second-order valence-corrected chi connectivity index (χ2v) is 25.1. The summed E-state index contributed by atoms with van der Waals surface area (Å²) in [6.07, 6.45) is 34.8. The van der Waals surface area contributed by atoms with Crippen LogP contribution in [0.15, 0.2) is 158 Å². The molecule has 8 aromatic carbocycles. The van der Waals surface area contributed by atoms with E-state index in [2.05, 4.69) is 193 Å². The molecule has 8 aromatic rings. The molecule has 0 spiro atoms. The van der Waals surface area contributed by atoms with Gasteiger partial charge in [-0.25, -0.2) is 0 Å². The normalized spacial score (nSPS) is 11.3. The van der Waals surface area contributed by atoms with Gasteiger partial charge in [-0.05, 0) is 213 Å². The van der Waals surface area contributed by atoms with Gasteiger partial charge in [0.2, 0.25) is 0 Å². The van der Waals surface area contributed by atoms with Crippen molar-refractivity contribution in [1.29, 1.82) is 10.5 Å². The molecule has 8 rings (SSSR count). The Hall–Kier alpha value is -7.26. The zero-order chi connectivity index (χ0) is 60.3. The molecule has 0 bridgehead atoms.